The molecule has 1 fully saturated rings. The van der Waals surface area contributed by atoms with E-state index in [9.17, 15) is 10.1 Å². The van der Waals surface area contributed by atoms with Crippen LogP contribution < -0.4 is 5.32 Å². The lowest BCUT2D eigenvalue weighted by Crippen LogP contribution is -2.30. The molecule has 0 aliphatic heterocycles. The molecular formula is C13H17ClN2O2. The summed E-state index contributed by atoms with van der Waals surface area (Å²) in [6, 6.07) is 5.30. The first kappa shape index (κ1) is 13.1. The summed E-state index contributed by atoms with van der Waals surface area (Å²) in [5.74, 6) is 0.605. The van der Waals surface area contributed by atoms with E-state index in [0.29, 0.717) is 12.0 Å². The molecular weight excluding hydrogens is 252 g/mol. The lowest BCUT2D eigenvalue weighted by Gasteiger charge is -2.30. The normalized spacial score (nSPS) is 23.7. The van der Waals surface area contributed by atoms with Crippen molar-refractivity contribution in [1.29, 1.82) is 0 Å². The third-order valence-corrected chi connectivity index (χ3v) is 3.93. The van der Waals surface area contributed by atoms with Gasteiger partial charge in [0.2, 0.25) is 0 Å². The highest BCUT2D eigenvalue weighted by molar-refractivity contribution is 6.32. The number of hydrogen-bond acceptors (Lipinski definition) is 3. The quantitative estimate of drug-likeness (QED) is 0.659. The van der Waals surface area contributed by atoms with Crippen LogP contribution in [0.4, 0.5) is 11.4 Å². The maximum Gasteiger partial charge on any atom is 0.289 e. The van der Waals surface area contributed by atoms with Crippen molar-refractivity contribution in [2.75, 3.05) is 5.32 Å². The summed E-state index contributed by atoms with van der Waals surface area (Å²) < 4.78 is 0. The monoisotopic (exact) mass is 268 g/mol. The Hall–Kier alpha value is -1.29. The topological polar surface area (TPSA) is 55.2 Å². The fourth-order valence-corrected chi connectivity index (χ4v) is 2.67. The molecule has 1 saturated carbocycles. The Labute approximate surface area is 111 Å². The molecule has 18 heavy (non-hydrogen) atoms. The smallest absolute Gasteiger partial charge is 0.289 e. The van der Waals surface area contributed by atoms with E-state index in [0.717, 1.165) is 12.1 Å². The van der Waals surface area contributed by atoms with Crippen molar-refractivity contribution < 1.29 is 4.92 Å². The molecule has 1 aliphatic carbocycles. The molecule has 2 unspecified atom stereocenters. The van der Waals surface area contributed by atoms with Crippen LogP contribution in [0.1, 0.15) is 32.6 Å². The second-order valence-electron chi connectivity index (χ2n) is 4.94. The first-order valence-corrected chi connectivity index (χ1v) is 6.66. The summed E-state index contributed by atoms with van der Waals surface area (Å²) >= 11 is 5.79. The summed E-state index contributed by atoms with van der Waals surface area (Å²) in [6.45, 7) is 2.22. The Kier molecular flexibility index (Phi) is 4.07. The zero-order valence-electron chi connectivity index (χ0n) is 10.4. The number of benzene rings is 1. The molecule has 4 nitrogen and oxygen atoms in total. The van der Waals surface area contributed by atoms with Gasteiger partial charge in [0.1, 0.15) is 5.02 Å². The van der Waals surface area contributed by atoms with Crippen LogP contribution in [0.2, 0.25) is 5.02 Å². The van der Waals surface area contributed by atoms with Gasteiger partial charge >= 0.3 is 0 Å². The molecule has 1 aromatic carbocycles. The van der Waals surface area contributed by atoms with Crippen molar-refractivity contribution in [1.82, 2.24) is 0 Å². The minimum atomic E-state index is -0.447. The first-order chi connectivity index (χ1) is 8.58. The van der Waals surface area contributed by atoms with Crippen molar-refractivity contribution in [3.8, 4) is 0 Å². The van der Waals surface area contributed by atoms with E-state index in [-0.39, 0.29) is 10.7 Å². The van der Waals surface area contributed by atoms with Crippen LogP contribution in [0.3, 0.4) is 0 Å². The molecule has 0 saturated heterocycles. The van der Waals surface area contributed by atoms with Crippen LogP contribution in [-0.2, 0) is 0 Å². The van der Waals surface area contributed by atoms with E-state index in [4.69, 9.17) is 11.6 Å². The fraction of sp³-hybridized carbons (Fsp3) is 0.538. The highest BCUT2D eigenvalue weighted by atomic mass is 35.5. The van der Waals surface area contributed by atoms with Crippen molar-refractivity contribution in [3.05, 3.63) is 33.3 Å². The van der Waals surface area contributed by atoms with Crippen LogP contribution in [0, 0.1) is 16.0 Å². The largest absolute Gasteiger partial charge is 0.382 e. The second-order valence-corrected chi connectivity index (χ2v) is 5.34. The molecule has 5 heteroatoms. The van der Waals surface area contributed by atoms with Crippen molar-refractivity contribution in [2.24, 2.45) is 5.92 Å². The van der Waals surface area contributed by atoms with Gasteiger partial charge in [0.05, 0.1) is 4.92 Å². The minimum Gasteiger partial charge on any atom is -0.382 e. The Morgan fingerprint density at radius 2 is 2.11 bits per heavy atom. The zero-order valence-corrected chi connectivity index (χ0v) is 11.1. The molecule has 1 aromatic rings. The van der Waals surface area contributed by atoms with E-state index >= 15 is 0 Å². The predicted molar refractivity (Wildman–Crippen MR) is 73.1 cm³/mol. The number of nitrogens with zero attached hydrogens (tertiary/aromatic N) is 1. The molecule has 1 N–H and O–H groups in total. The van der Waals surface area contributed by atoms with E-state index < -0.39 is 4.92 Å². The predicted octanol–water partition coefficient (Wildman–Crippen LogP) is 4.24. The van der Waals surface area contributed by atoms with E-state index in [1.165, 1.54) is 25.3 Å². The highest BCUT2D eigenvalue weighted by Crippen LogP contribution is 2.31. The van der Waals surface area contributed by atoms with Crippen LogP contribution in [0.5, 0.6) is 0 Å². The molecule has 0 bridgehead atoms. The maximum atomic E-state index is 10.8. The molecule has 0 aromatic heterocycles. The minimum absolute atomic E-state index is 0.0369. The first-order valence-electron chi connectivity index (χ1n) is 6.28. The Bertz CT molecular complexity index is 451. The molecule has 0 spiro atoms. The number of nitro benzene ring substituents is 1. The average Bonchev–Trinajstić information content (AvgIpc) is 2.34. The molecule has 0 radical (unpaired) electrons. The number of nitro groups is 1. The standard InChI is InChI=1S/C13H17ClN2O2/c1-9-4-2-3-5-12(9)15-10-6-7-11(14)13(8-10)16(17)18/h6-9,12,15H,2-5H2,1H3. The number of hydrogen-bond donors (Lipinski definition) is 1. The summed E-state index contributed by atoms with van der Waals surface area (Å²) in [4.78, 5) is 10.4. The van der Waals surface area contributed by atoms with Crippen LogP contribution in [0.25, 0.3) is 0 Å². The van der Waals surface area contributed by atoms with Crippen molar-refractivity contribution in [3.63, 3.8) is 0 Å². The third-order valence-electron chi connectivity index (χ3n) is 3.61. The Morgan fingerprint density at radius 3 is 2.78 bits per heavy atom. The summed E-state index contributed by atoms with van der Waals surface area (Å²) in [5.41, 5.74) is 0.745. The maximum absolute atomic E-state index is 10.8. The molecule has 2 atom stereocenters. The van der Waals surface area contributed by atoms with Crippen LogP contribution in [0.15, 0.2) is 18.2 Å². The molecule has 0 amide bonds. The summed E-state index contributed by atoms with van der Waals surface area (Å²) in [7, 11) is 0. The van der Waals surface area contributed by atoms with Crippen LogP contribution >= 0.6 is 11.6 Å². The molecule has 98 valence electrons. The van der Waals surface area contributed by atoms with Gasteiger partial charge in [0, 0.05) is 17.8 Å². The molecule has 2 rings (SSSR count). The van der Waals surface area contributed by atoms with Crippen molar-refractivity contribution >= 4 is 23.0 Å². The van der Waals surface area contributed by atoms with Gasteiger partial charge in [-0.2, -0.15) is 0 Å². The number of halogens is 1. The van der Waals surface area contributed by atoms with Gasteiger partial charge in [-0.1, -0.05) is 31.4 Å². The lowest BCUT2D eigenvalue weighted by atomic mass is 9.86. The number of rotatable bonds is 3. The summed E-state index contributed by atoms with van der Waals surface area (Å²) in [6.07, 6.45) is 4.84. The molecule has 0 heterocycles. The second kappa shape index (κ2) is 5.57. The van der Waals surface area contributed by atoms with E-state index in [1.54, 1.807) is 12.1 Å². The van der Waals surface area contributed by atoms with Gasteiger partial charge < -0.3 is 5.32 Å². The van der Waals surface area contributed by atoms with Crippen LogP contribution in [-0.4, -0.2) is 11.0 Å². The van der Waals surface area contributed by atoms with Gasteiger partial charge in [0.15, 0.2) is 0 Å². The van der Waals surface area contributed by atoms with Crippen molar-refractivity contribution in [2.45, 2.75) is 38.6 Å². The Balaban J connectivity index is 2.14. The van der Waals surface area contributed by atoms with Gasteiger partial charge in [-0.15, -0.1) is 0 Å². The van der Waals surface area contributed by atoms with Gasteiger partial charge in [-0.3, -0.25) is 10.1 Å². The summed E-state index contributed by atoms with van der Waals surface area (Å²) in [5, 5.41) is 14.4. The number of anilines is 1. The lowest BCUT2D eigenvalue weighted by molar-refractivity contribution is -0.384. The van der Waals surface area contributed by atoms with Gasteiger partial charge in [0.25, 0.3) is 5.69 Å². The van der Waals surface area contributed by atoms with Gasteiger partial charge in [-0.05, 0) is 30.9 Å². The van der Waals surface area contributed by atoms with Gasteiger partial charge in [-0.25, -0.2) is 0 Å². The van der Waals surface area contributed by atoms with E-state index in [2.05, 4.69) is 12.2 Å². The number of nitrogens with one attached hydrogen (secondary N) is 1. The zero-order chi connectivity index (χ0) is 13.1. The SMILES string of the molecule is CC1CCCCC1Nc1ccc(Cl)c([N+](=O)[O-])c1. The highest BCUT2D eigenvalue weighted by Gasteiger charge is 2.22. The third kappa shape index (κ3) is 2.93. The Morgan fingerprint density at radius 1 is 1.39 bits per heavy atom. The molecule has 1 aliphatic rings. The van der Waals surface area contributed by atoms with E-state index in [1.807, 2.05) is 0 Å². The fourth-order valence-electron chi connectivity index (χ4n) is 2.49. The average molecular weight is 269 g/mol.